The topological polar surface area (TPSA) is 95.1 Å². The van der Waals surface area contributed by atoms with E-state index in [0.717, 1.165) is 22.3 Å². The summed E-state index contributed by atoms with van der Waals surface area (Å²) in [6, 6.07) is 30.3. The highest BCUT2D eigenvalue weighted by atomic mass is 16.6. The summed E-state index contributed by atoms with van der Waals surface area (Å²) in [6.07, 6.45) is -0.885. The van der Waals surface area contributed by atoms with Gasteiger partial charge in [-0.2, -0.15) is 0 Å². The minimum Gasteiger partial charge on any atom is -0.492 e. The number of carbonyl (C=O) groups is 2. The molecule has 0 bridgehead atoms. The van der Waals surface area contributed by atoms with Crippen LogP contribution in [0.1, 0.15) is 6.92 Å². The first-order valence-electron chi connectivity index (χ1n) is 11.8. The molecule has 0 aliphatic heterocycles. The van der Waals surface area contributed by atoms with E-state index in [1.807, 2.05) is 91.0 Å². The van der Waals surface area contributed by atoms with Gasteiger partial charge < -0.3 is 29.6 Å². The second-order valence-corrected chi connectivity index (χ2v) is 7.50. The van der Waals surface area contributed by atoms with Gasteiger partial charge in [-0.3, -0.25) is 0 Å². The Balaban J connectivity index is 0.000000220. The highest BCUT2D eigenvalue weighted by molar-refractivity contribution is 5.90. The minimum absolute atomic E-state index is 0.357. The molecule has 8 heteroatoms. The van der Waals surface area contributed by atoms with Crippen LogP contribution in [0.3, 0.4) is 0 Å². The van der Waals surface area contributed by atoms with Crippen molar-refractivity contribution in [2.75, 3.05) is 26.8 Å². The van der Waals surface area contributed by atoms with Crippen LogP contribution in [0.15, 0.2) is 97.1 Å². The van der Waals surface area contributed by atoms with Crippen LogP contribution in [0.5, 0.6) is 23.0 Å². The van der Waals surface area contributed by atoms with Gasteiger partial charge >= 0.3 is 12.2 Å². The Hall–Kier alpha value is -4.72. The Bertz CT molecular complexity index is 1260. The first kappa shape index (κ1) is 26.9. The summed E-state index contributed by atoms with van der Waals surface area (Å²) in [7, 11) is 1.54. The number of hydrogen-bond donors (Lipinski definition) is 2. The molecule has 0 aromatic heterocycles. The first-order chi connectivity index (χ1) is 18.1. The lowest BCUT2D eigenvalue weighted by atomic mass is 10.1. The molecule has 0 fully saturated rings. The molecule has 2 N–H and O–H groups in total. The molecule has 0 unspecified atom stereocenters. The van der Waals surface area contributed by atoms with Gasteiger partial charge in [0.1, 0.15) is 29.6 Å². The number of carbonyl (C=O) groups excluding carboxylic acids is 2. The summed E-state index contributed by atoms with van der Waals surface area (Å²) in [5.41, 5.74) is 0. The summed E-state index contributed by atoms with van der Waals surface area (Å²) in [4.78, 5) is 22.2. The SMILES string of the molecule is CCOC(=O)NCCOc1ccc(Oc2ccccc2)cc1.CNC(=O)Oc1cccc2ccccc12. The molecule has 2 amide bonds. The van der Waals surface area contributed by atoms with Crippen molar-refractivity contribution in [1.29, 1.82) is 0 Å². The second kappa shape index (κ2) is 14.6. The molecule has 4 rings (SSSR count). The Morgan fingerprint density at radius 1 is 0.730 bits per heavy atom. The molecular formula is C29H30N2O6. The smallest absolute Gasteiger partial charge is 0.412 e. The van der Waals surface area contributed by atoms with Gasteiger partial charge in [-0.05, 0) is 54.8 Å². The molecule has 0 aliphatic rings. The summed E-state index contributed by atoms with van der Waals surface area (Å²) >= 11 is 0. The quantitative estimate of drug-likeness (QED) is 0.280. The van der Waals surface area contributed by atoms with Crippen LogP contribution in [-0.2, 0) is 4.74 Å². The normalized spacial score (nSPS) is 9.89. The maximum Gasteiger partial charge on any atom is 0.412 e. The van der Waals surface area contributed by atoms with Crippen LogP contribution < -0.4 is 24.8 Å². The Morgan fingerprint density at radius 3 is 2.11 bits per heavy atom. The number of nitrogens with one attached hydrogen (secondary N) is 2. The Morgan fingerprint density at radius 2 is 1.38 bits per heavy atom. The van der Waals surface area contributed by atoms with Gasteiger partial charge in [0.25, 0.3) is 0 Å². The molecule has 192 valence electrons. The maximum atomic E-state index is 11.1. The minimum atomic E-state index is -0.452. The van der Waals surface area contributed by atoms with Crippen molar-refractivity contribution in [3.63, 3.8) is 0 Å². The maximum absolute atomic E-state index is 11.1. The molecule has 0 saturated carbocycles. The van der Waals surface area contributed by atoms with Gasteiger partial charge in [0, 0.05) is 12.4 Å². The summed E-state index contributed by atoms with van der Waals surface area (Å²) in [5.74, 6) is 2.82. The van der Waals surface area contributed by atoms with Crippen LogP contribution in [-0.4, -0.2) is 39.0 Å². The number of amides is 2. The lowest BCUT2D eigenvalue weighted by Crippen LogP contribution is -2.28. The van der Waals surface area contributed by atoms with Crippen molar-refractivity contribution in [1.82, 2.24) is 10.6 Å². The van der Waals surface area contributed by atoms with E-state index < -0.39 is 12.2 Å². The fraction of sp³-hybridized carbons (Fsp3) is 0.172. The highest BCUT2D eigenvalue weighted by Gasteiger charge is 2.05. The lowest BCUT2D eigenvalue weighted by molar-refractivity contribution is 0.150. The van der Waals surface area contributed by atoms with Gasteiger partial charge in [0.05, 0.1) is 13.2 Å². The average Bonchev–Trinajstić information content (AvgIpc) is 2.93. The summed E-state index contributed by atoms with van der Waals surface area (Å²) in [6.45, 7) is 2.88. The fourth-order valence-electron chi connectivity index (χ4n) is 3.17. The van der Waals surface area contributed by atoms with Crippen LogP contribution in [0.25, 0.3) is 10.8 Å². The fourth-order valence-corrected chi connectivity index (χ4v) is 3.17. The highest BCUT2D eigenvalue weighted by Crippen LogP contribution is 2.25. The monoisotopic (exact) mass is 502 g/mol. The van der Waals surface area contributed by atoms with Crippen molar-refractivity contribution >= 4 is 23.0 Å². The van der Waals surface area contributed by atoms with Crippen molar-refractivity contribution in [2.24, 2.45) is 0 Å². The predicted octanol–water partition coefficient (Wildman–Crippen LogP) is 6.16. The molecular weight excluding hydrogens is 472 g/mol. The van der Waals surface area contributed by atoms with E-state index in [2.05, 4.69) is 10.6 Å². The number of hydrogen-bond acceptors (Lipinski definition) is 6. The summed E-state index contributed by atoms with van der Waals surface area (Å²) < 4.78 is 21.1. The summed E-state index contributed by atoms with van der Waals surface area (Å²) in [5, 5.41) is 6.99. The number of ether oxygens (including phenoxy) is 4. The van der Waals surface area contributed by atoms with Crippen LogP contribution in [0.2, 0.25) is 0 Å². The number of rotatable bonds is 8. The van der Waals surface area contributed by atoms with Gasteiger partial charge in [0.15, 0.2) is 0 Å². The molecule has 0 heterocycles. The Labute approximate surface area is 216 Å². The molecule has 37 heavy (non-hydrogen) atoms. The predicted molar refractivity (Wildman–Crippen MR) is 143 cm³/mol. The molecule has 0 saturated heterocycles. The zero-order valence-corrected chi connectivity index (χ0v) is 20.8. The molecule has 0 spiro atoms. The molecule has 4 aromatic rings. The van der Waals surface area contributed by atoms with E-state index in [-0.39, 0.29) is 0 Å². The number of para-hydroxylation sites is 1. The van der Waals surface area contributed by atoms with Crippen LogP contribution in [0.4, 0.5) is 9.59 Å². The second-order valence-electron chi connectivity index (χ2n) is 7.50. The van der Waals surface area contributed by atoms with E-state index in [4.69, 9.17) is 18.9 Å². The van der Waals surface area contributed by atoms with Crippen molar-refractivity contribution in [2.45, 2.75) is 6.92 Å². The van der Waals surface area contributed by atoms with Crippen molar-refractivity contribution < 1.29 is 28.5 Å². The molecule has 0 radical (unpaired) electrons. The van der Waals surface area contributed by atoms with E-state index in [0.29, 0.717) is 31.3 Å². The average molecular weight is 503 g/mol. The standard InChI is InChI=1S/C17H19NO4.C12H11NO2/c1-2-20-17(19)18-12-13-21-14-8-10-16(11-9-14)22-15-6-4-3-5-7-15;1-13-12(14)15-11-8-4-6-9-5-2-3-7-10(9)11/h3-11H,2,12-13H2,1H3,(H,18,19);2-8H,1H3,(H,13,14). The van der Waals surface area contributed by atoms with E-state index in [9.17, 15) is 9.59 Å². The third-order valence-electron chi connectivity index (χ3n) is 4.87. The van der Waals surface area contributed by atoms with Gasteiger partial charge in [-0.15, -0.1) is 0 Å². The van der Waals surface area contributed by atoms with E-state index >= 15 is 0 Å². The Kier molecular flexibility index (Phi) is 10.6. The van der Waals surface area contributed by atoms with Crippen molar-refractivity contribution in [3.05, 3.63) is 97.1 Å². The van der Waals surface area contributed by atoms with Gasteiger partial charge in [-0.25, -0.2) is 9.59 Å². The van der Waals surface area contributed by atoms with Gasteiger partial charge in [0.2, 0.25) is 0 Å². The number of benzene rings is 4. The zero-order valence-electron chi connectivity index (χ0n) is 20.8. The molecule has 0 aliphatic carbocycles. The third kappa shape index (κ3) is 9.10. The van der Waals surface area contributed by atoms with Crippen LogP contribution >= 0.6 is 0 Å². The van der Waals surface area contributed by atoms with E-state index in [1.165, 1.54) is 7.05 Å². The first-order valence-corrected chi connectivity index (χ1v) is 11.8. The molecule has 8 nitrogen and oxygen atoms in total. The lowest BCUT2D eigenvalue weighted by Gasteiger charge is -2.09. The largest absolute Gasteiger partial charge is 0.492 e. The number of fused-ring (bicyclic) bond motifs is 1. The third-order valence-corrected chi connectivity index (χ3v) is 4.87. The van der Waals surface area contributed by atoms with Crippen molar-refractivity contribution in [3.8, 4) is 23.0 Å². The molecule has 4 aromatic carbocycles. The van der Waals surface area contributed by atoms with E-state index in [1.54, 1.807) is 13.0 Å². The van der Waals surface area contributed by atoms with Gasteiger partial charge in [-0.1, -0.05) is 54.6 Å². The van der Waals surface area contributed by atoms with Crippen LogP contribution in [0, 0.1) is 0 Å². The number of alkyl carbamates (subject to hydrolysis) is 1. The zero-order chi connectivity index (χ0) is 26.3. The molecule has 0 atom stereocenters.